The van der Waals surface area contributed by atoms with Crippen LogP contribution in [-0.2, 0) is 0 Å². The van der Waals surface area contributed by atoms with Crippen LogP contribution >= 0.6 is 0 Å². The van der Waals surface area contributed by atoms with E-state index in [4.69, 9.17) is 10.2 Å². The standard InChI is InChI=1S/C18H24N2O/c19-17(16-13-14-7-1-2-8-15(14)21-16)18(9-3-4-10-18)20-11-5-6-12-20/h1-2,7-8,13,17H,3-6,9-12,19H2. The quantitative estimate of drug-likeness (QED) is 0.931. The number of furan rings is 1. The average molecular weight is 284 g/mol. The van der Waals surface area contributed by atoms with Gasteiger partial charge in [0, 0.05) is 10.9 Å². The van der Waals surface area contributed by atoms with Crippen molar-refractivity contribution in [3.63, 3.8) is 0 Å². The maximum atomic E-state index is 6.74. The Balaban J connectivity index is 1.71. The molecule has 3 heteroatoms. The van der Waals surface area contributed by atoms with E-state index in [9.17, 15) is 0 Å². The molecule has 1 aromatic carbocycles. The van der Waals surface area contributed by atoms with E-state index in [-0.39, 0.29) is 11.6 Å². The van der Waals surface area contributed by atoms with E-state index in [0.29, 0.717) is 0 Å². The second kappa shape index (κ2) is 5.15. The van der Waals surface area contributed by atoms with Gasteiger partial charge in [-0.25, -0.2) is 0 Å². The summed E-state index contributed by atoms with van der Waals surface area (Å²) in [7, 11) is 0. The van der Waals surface area contributed by atoms with E-state index >= 15 is 0 Å². The highest BCUT2D eigenvalue weighted by molar-refractivity contribution is 5.77. The van der Waals surface area contributed by atoms with Crippen molar-refractivity contribution in [3.8, 4) is 0 Å². The zero-order valence-corrected chi connectivity index (χ0v) is 12.6. The van der Waals surface area contributed by atoms with Crippen LogP contribution in [0.25, 0.3) is 11.0 Å². The molecule has 0 radical (unpaired) electrons. The normalized spacial score (nSPS) is 23.9. The molecule has 1 aliphatic carbocycles. The summed E-state index contributed by atoms with van der Waals surface area (Å²) in [5.74, 6) is 0.963. The molecule has 1 saturated heterocycles. The second-order valence-electron chi connectivity index (χ2n) is 6.67. The van der Waals surface area contributed by atoms with Gasteiger partial charge in [-0.1, -0.05) is 31.0 Å². The Morgan fingerprint density at radius 2 is 1.76 bits per heavy atom. The van der Waals surface area contributed by atoms with Crippen molar-refractivity contribution in [2.75, 3.05) is 13.1 Å². The lowest BCUT2D eigenvalue weighted by Crippen LogP contribution is -2.52. The summed E-state index contributed by atoms with van der Waals surface area (Å²) in [4.78, 5) is 2.65. The molecule has 2 N–H and O–H groups in total. The number of nitrogens with zero attached hydrogens (tertiary/aromatic N) is 1. The van der Waals surface area contributed by atoms with E-state index in [0.717, 1.165) is 16.7 Å². The number of benzene rings is 1. The largest absolute Gasteiger partial charge is 0.459 e. The molecule has 2 aliphatic rings. The molecule has 1 aliphatic heterocycles. The monoisotopic (exact) mass is 284 g/mol. The lowest BCUT2D eigenvalue weighted by atomic mass is 9.85. The Morgan fingerprint density at radius 1 is 1.05 bits per heavy atom. The fourth-order valence-corrected chi connectivity index (χ4v) is 4.39. The summed E-state index contributed by atoms with van der Waals surface area (Å²) in [6.07, 6.45) is 7.65. The lowest BCUT2D eigenvalue weighted by Gasteiger charge is -2.42. The summed E-state index contributed by atoms with van der Waals surface area (Å²) >= 11 is 0. The van der Waals surface area contributed by atoms with E-state index in [1.54, 1.807) is 0 Å². The van der Waals surface area contributed by atoms with Gasteiger partial charge in [-0.3, -0.25) is 4.90 Å². The van der Waals surface area contributed by atoms with Crippen LogP contribution in [0.4, 0.5) is 0 Å². The molecule has 1 unspecified atom stereocenters. The van der Waals surface area contributed by atoms with Crippen molar-refractivity contribution in [1.82, 2.24) is 4.90 Å². The molecule has 21 heavy (non-hydrogen) atoms. The van der Waals surface area contributed by atoms with Gasteiger partial charge in [0.1, 0.15) is 11.3 Å². The molecule has 2 fully saturated rings. The molecule has 1 atom stereocenters. The first kappa shape index (κ1) is 13.4. The fraction of sp³-hybridized carbons (Fsp3) is 0.556. The Morgan fingerprint density at radius 3 is 2.48 bits per heavy atom. The van der Waals surface area contributed by atoms with Gasteiger partial charge in [0.25, 0.3) is 0 Å². The molecule has 112 valence electrons. The van der Waals surface area contributed by atoms with Crippen LogP contribution in [0.1, 0.15) is 50.3 Å². The highest BCUT2D eigenvalue weighted by Gasteiger charge is 2.46. The highest BCUT2D eigenvalue weighted by atomic mass is 16.3. The molecular weight excluding hydrogens is 260 g/mol. The fourth-order valence-electron chi connectivity index (χ4n) is 4.39. The number of para-hydroxylation sites is 1. The van der Waals surface area contributed by atoms with Crippen molar-refractivity contribution in [1.29, 1.82) is 0 Å². The van der Waals surface area contributed by atoms with E-state index in [2.05, 4.69) is 23.1 Å². The summed E-state index contributed by atoms with van der Waals surface area (Å²) in [6, 6.07) is 10.3. The van der Waals surface area contributed by atoms with Crippen molar-refractivity contribution in [2.24, 2.45) is 5.73 Å². The van der Waals surface area contributed by atoms with Crippen LogP contribution in [0.15, 0.2) is 34.7 Å². The van der Waals surface area contributed by atoms with Gasteiger partial charge in [-0.2, -0.15) is 0 Å². The highest BCUT2D eigenvalue weighted by Crippen LogP contribution is 2.45. The number of hydrogen-bond acceptors (Lipinski definition) is 3. The van der Waals surface area contributed by atoms with Gasteiger partial charge in [-0.15, -0.1) is 0 Å². The van der Waals surface area contributed by atoms with Crippen LogP contribution < -0.4 is 5.73 Å². The minimum Gasteiger partial charge on any atom is -0.459 e. The average Bonchev–Trinajstić information content (AvgIpc) is 3.24. The molecule has 2 heterocycles. The minimum atomic E-state index is -0.00880. The second-order valence-corrected chi connectivity index (χ2v) is 6.67. The smallest absolute Gasteiger partial charge is 0.134 e. The third-order valence-electron chi connectivity index (χ3n) is 5.54. The number of rotatable bonds is 3. The maximum Gasteiger partial charge on any atom is 0.134 e. The van der Waals surface area contributed by atoms with E-state index < -0.39 is 0 Å². The maximum absolute atomic E-state index is 6.74. The van der Waals surface area contributed by atoms with Crippen molar-refractivity contribution in [3.05, 3.63) is 36.1 Å². The minimum absolute atomic E-state index is 0.00880. The van der Waals surface area contributed by atoms with Gasteiger partial charge in [0.2, 0.25) is 0 Å². The Hall–Kier alpha value is -1.32. The molecule has 0 bridgehead atoms. The Labute approximate surface area is 126 Å². The number of fused-ring (bicyclic) bond motifs is 1. The molecule has 3 nitrogen and oxygen atoms in total. The van der Waals surface area contributed by atoms with Gasteiger partial charge >= 0.3 is 0 Å². The topological polar surface area (TPSA) is 42.4 Å². The third kappa shape index (κ3) is 2.11. The van der Waals surface area contributed by atoms with Gasteiger partial charge < -0.3 is 10.2 Å². The van der Waals surface area contributed by atoms with Crippen molar-refractivity contribution < 1.29 is 4.42 Å². The zero-order valence-electron chi connectivity index (χ0n) is 12.6. The van der Waals surface area contributed by atoms with Gasteiger partial charge in [0.05, 0.1) is 6.04 Å². The van der Waals surface area contributed by atoms with Crippen LogP contribution in [0, 0.1) is 0 Å². The summed E-state index contributed by atoms with van der Waals surface area (Å²) in [6.45, 7) is 2.40. The third-order valence-corrected chi connectivity index (χ3v) is 5.54. The van der Waals surface area contributed by atoms with E-state index in [1.165, 1.54) is 51.6 Å². The van der Waals surface area contributed by atoms with Gasteiger partial charge in [0.15, 0.2) is 0 Å². The van der Waals surface area contributed by atoms with Crippen LogP contribution in [0.3, 0.4) is 0 Å². The summed E-state index contributed by atoms with van der Waals surface area (Å²) < 4.78 is 6.08. The SMILES string of the molecule is NC(c1cc2ccccc2o1)C1(N2CCCC2)CCCC1. The van der Waals surface area contributed by atoms with Crippen LogP contribution in [0.5, 0.6) is 0 Å². The Bertz CT molecular complexity index is 588. The first-order valence-corrected chi connectivity index (χ1v) is 8.29. The zero-order chi connectivity index (χ0) is 14.3. The molecule has 0 spiro atoms. The van der Waals surface area contributed by atoms with Crippen LogP contribution in [-0.4, -0.2) is 23.5 Å². The Kier molecular flexibility index (Phi) is 3.27. The number of nitrogens with two attached hydrogens (primary N) is 1. The summed E-state index contributed by atoms with van der Waals surface area (Å²) in [5.41, 5.74) is 7.83. The van der Waals surface area contributed by atoms with Crippen molar-refractivity contribution in [2.45, 2.75) is 50.1 Å². The van der Waals surface area contributed by atoms with Gasteiger partial charge in [-0.05, 0) is 50.9 Å². The molecule has 4 rings (SSSR count). The number of likely N-dealkylation sites (tertiary alicyclic amines) is 1. The first-order valence-electron chi connectivity index (χ1n) is 8.29. The summed E-state index contributed by atoms with van der Waals surface area (Å²) in [5, 5.41) is 1.16. The molecule has 2 aromatic rings. The predicted octanol–water partition coefficient (Wildman–Crippen LogP) is 3.84. The van der Waals surface area contributed by atoms with Crippen LogP contribution in [0.2, 0.25) is 0 Å². The van der Waals surface area contributed by atoms with Crippen molar-refractivity contribution >= 4 is 11.0 Å². The molecule has 0 amide bonds. The van der Waals surface area contributed by atoms with E-state index in [1.807, 2.05) is 12.1 Å². The first-order chi connectivity index (χ1) is 10.3. The molecular formula is C18H24N2O. The molecule has 1 saturated carbocycles. The molecule has 1 aromatic heterocycles. The number of hydrogen-bond donors (Lipinski definition) is 1. The lowest BCUT2D eigenvalue weighted by molar-refractivity contribution is 0.0844. The predicted molar refractivity (Wildman–Crippen MR) is 85.1 cm³/mol.